The summed E-state index contributed by atoms with van der Waals surface area (Å²) in [5.74, 6) is 1.34. The Bertz CT molecular complexity index is 677. The fraction of sp³-hybridized carbons (Fsp3) is 0.200. The van der Waals surface area contributed by atoms with Crippen LogP contribution in [0.3, 0.4) is 0 Å². The first-order chi connectivity index (χ1) is 9.51. The van der Waals surface area contributed by atoms with Crippen LogP contribution in [0.5, 0.6) is 11.6 Å². The number of anilines is 1. The summed E-state index contributed by atoms with van der Waals surface area (Å²) in [5.41, 5.74) is 7.67. The molecule has 0 spiro atoms. The first kappa shape index (κ1) is 14.4. The molecular formula is C15H14BrN3O. The number of halogens is 1. The average molecular weight is 332 g/mol. The Kier molecular flexibility index (Phi) is 4.26. The van der Waals surface area contributed by atoms with Crippen molar-refractivity contribution >= 4 is 21.6 Å². The maximum Gasteiger partial charge on any atom is 0.242 e. The second-order valence-electron chi connectivity index (χ2n) is 4.67. The zero-order chi connectivity index (χ0) is 14.7. The minimum Gasteiger partial charge on any atom is -0.437 e. The van der Waals surface area contributed by atoms with Gasteiger partial charge in [-0.3, -0.25) is 0 Å². The van der Waals surface area contributed by atoms with Crippen LogP contribution in [0.15, 0.2) is 34.9 Å². The number of nitrogens with zero attached hydrogens (tertiary/aromatic N) is 2. The molecule has 1 aromatic carbocycles. The van der Waals surface area contributed by atoms with E-state index in [9.17, 15) is 0 Å². The van der Waals surface area contributed by atoms with Gasteiger partial charge in [-0.2, -0.15) is 5.26 Å². The number of aromatic nitrogens is 1. The maximum atomic E-state index is 8.80. The smallest absolute Gasteiger partial charge is 0.242 e. The van der Waals surface area contributed by atoms with Gasteiger partial charge in [-0.05, 0) is 35.7 Å². The first-order valence-electron chi connectivity index (χ1n) is 6.14. The van der Waals surface area contributed by atoms with Crippen LogP contribution in [0.4, 0.5) is 5.69 Å². The van der Waals surface area contributed by atoms with Gasteiger partial charge in [0.2, 0.25) is 5.88 Å². The number of hydrogen-bond acceptors (Lipinski definition) is 4. The highest BCUT2D eigenvalue weighted by molar-refractivity contribution is 9.10. The lowest BCUT2D eigenvalue weighted by molar-refractivity contribution is 0.457. The molecule has 1 heterocycles. The van der Waals surface area contributed by atoms with Gasteiger partial charge in [-0.25, -0.2) is 4.98 Å². The van der Waals surface area contributed by atoms with Gasteiger partial charge in [0.1, 0.15) is 11.8 Å². The van der Waals surface area contributed by atoms with E-state index in [1.54, 1.807) is 6.07 Å². The van der Waals surface area contributed by atoms with E-state index in [0.717, 1.165) is 10.0 Å². The van der Waals surface area contributed by atoms with E-state index >= 15 is 0 Å². The first-order valence-corrected chi connectivity index (χ1v) is 6.93. The Morgan fingerprint density at radius 2 is 2.10 bits per heavy atom. The van der Waals surface area contributed by atoms with Crippen molar-refractivity contribution in [1.82, 2.24) is 4.98 Å². The lowest BCUT2D eigenvalue weighted by atomic mass is 10.0. The predicted octanol–water partition coefficient (Wildman–Crippen LogP) is 4.21. The molecule has 1 aromatic heterocycles. The van der Waals surface area contributed by atoms with Crippen molar-refractivity contribution in [3.05, 3.63) is 46.1 Å². The van der Waals surface area contributed by atoms with Crippen LogP contribution >= 0.6 is 15.9 Å². The maximum absolute atomic E-state index is 8.80. The second-order valence-corrected chi connectivity index (χ2v) is 5.58. The monoisotopic (exact) mass is 331 g/mol. The van der Waals surface area contributed by atoms with Crippen molar-refractivity contribution in [3.8, 4) is 17.7 Å². The number of ether oxygens (including phenoxy) is 1. The summed E-state index contributed by atoms with van der Waals surface area (Å²) in [4.78, 5) is 4.09. The van der Waals surface area contributed by atoms with Crippen LogP contribution in [0.1, 0.15) is 30.9 Å². The lowest BCUT2D eigenvalue weighted by Gasteiger charge is -2.14. The fourth-order valence-electron chi connectivity index (χ4n) is 1.78. The normalized spacial score (nSPS) is 10.3. The number of nitrogens with two attached hydrogens (primary N) is 1. The highest BCUT2D eigenvalue weighted by Crippen LogP contribution is 2.34. The molecule has 0 unspecified atom stereocenters. The second kappa shape index (κ2) is 5.93. The molecule has 0 saturated heterocycles. The molecule has 0 saturated carbocycles. The fourth-order valence-corrected chi connectivity index (χ4v) is 2.16. The standard InChI is InChI=1S/C15H14BrN3O/c1-9(2)12-6-11(16)3-4-14(12)20-15-13(18)5-10(7-17)8-19-15/h3-6,8-9H,18H2,1-2H3. The highest BCUT2D eigenvalue weighted by atomic mass is 79.9. The lowest BCUT2D eigenvalue weighted by Crippen LogP contribution is -1.99. The van der Waals surface area contributed by atoms with Gasteiger partial charge in [0.15, 0.2) is 0 Å². The van der Waals surface area contributed by atoms with Crippen LogP contribution in [-0.2, 0) is 0 Å². The van der Waals surface area contributed by atoms with Gasteiger partial charge >= 0.3 is 0 Å². The van der Waals surface area contributed by atoms with E-state index in [-0.39, 0.29) is 0 Å². The van der Waals surface area contributed by atoms with Crippen molar-refractivity contribution in [1.29, 1.82) is 5.26 Å². The molecule has 0 aliphatic rings. The topological polar surface area (TPSA) is 71.9 Å². The molecule has 0 radical (unpaired) electrons. The number of nitriles is 1. The Labute approximate surface area is 126 Å². The van der Waals surface area contributed by atoms with E-state index < -0.39 is 0 Å². The van der Waals surface area contributed by atoms with E-state index in [1.807, 2.05) is 24.3 Å². The van der Waals surface area contributed by atoms with Gasteiger partial charge in [0.25, 0.3) is 0 Å². The Hall–Kier alpha value is -2.06. The molecule has 2 aromatic rings. The van der Waals surface area contributed by atoms with E-state index in [1.165, 1.54) is 6.20 Å². The Morgan fingerprint density at radius 3 is 2.70 bits per heavy atom. The summed E-state index contributed by atoms with van der Waals surface area (Å²) in [6.45, 7) is 4.17. The predicted molar refractivity (Wildman–Crippen MR) is 81.7 cm³/mol. The van der Waals surface area contributed by atoms with Gasteiger partial charge in [-0.15, -0.1) is 0 Å². The summed E-state index contributed by atoms with van der Waals surface area (Å²) in [6, 6.07) is 9.33. The molecular weight excluding hydrogens is 318 g/mol. The number of hydrogen-bond donors (Lipinski definition) is 1. The quantitative estimate of drug-likeness (QED) is 0.914. The summed E-state index contributed by atoms with van der Waals surface area (Å²) in [5, 5.41) is 8.80. The molecule has 102 valence electrons. The molecule has 0 atom stereocenters. The zero-order valence-electron chi connectivity index (χ0n) is 11.2. The molecule has 0 aliphatic heterocycles. The third-order valence-corrected chi connectivity index (χ3v) is 3.30. The molecule has 4 nitrogen and oxygen atoms in total. The third kappa shape index (κ3) is 3.09. The van der Waals surface area contributed by atoms with Crippen molar-refractivity contribution in [2.45, 2.75) is 19.8 Å². The molecule has 0 aliphatic carbocycles. The van der Waals surface area contributed by atoms with Gasteiger partial charge < -0.3 is 10.5 Å². The minimum absolute atomic E-state index is 0.308. The minimum atomic E-state index is 0.308. The summed E-state index contributed by atoms with van der Waals surface area (Å²) >= 11 is 3.45. The van der Waals surface area contributed by atoms with Crippen molar-refractivity contribution < 1.29 is 4.74 Å². The van der Waals surface area contributed by atoms with Crippen LogP contribution < -0.4 is 10.5 Å². The molecule has 0 fully saturated rings. The van der Waals surface area contributed by atoms with E-state index in [4.69, 9.17) is 15.7 Å². The summed E-state index contributed by atoms with van der Waals surface area (Å²) in [7, 11) is 0. The third-order valence-electron chi connectivity index (χ3n) is 2.81. The van der Waals surface area contributed by atoms with Gasteiger partial charge in [-0.1, -0.05) is 29.8 Å². The molecule has 2 rings (SSSR count). The SMILES string of the molecule is CC(C)c1cc(Br)ccc1Oc1ncc(C#N)cc1N. The van der Waals surface area contributed by atoms with Crippen molar-refractivity contribution in [2.24, 2.45) is 0 Å². The zero-order valence-corrected chi connectivity index (χ0v) is 12.8. The highest BCUT2D eigenvalue weighted by Gasteiger charge is 2.12. The summed E-state index contributed by atoms with van der Waals surface area (Å²) < 4.78 is 6.78. The van der Waals surface area contributed by atoms with Crippen LogP contribution in [0.25, 0.3) is 0 Å². The van der Waals surface area contributed by atoms with Crippen molar-refractivity contribution in [2.75, 3.05) is 5.73 Å². The molecule has 20 heavy (non-hydrogen) atoms. The van der Waals surface area contributed by atoms with E-state index in [0.29, 0.717) is 28.8 Å². The number of pyridine rings is 1. The Morgan fingerprint density at radius 1 is 1.35 bits per heavy atom. The van der Waals surface area contributed by atoms with Crippen LogP contribution in [0.2, 0.25) is 0 Å². The largest absolute Gasteiger partial charge is 0.437 e. The number of benzene rings is 1. The average Bonchev–Trinajstić information content (AvgIpc) is 2.42. The van der Waals surface area contributed by atoms with Crippen LogP contribution in [0, 0.1) is 11.3 Å². The van der Waals surface area contributed by atoms with Gasteiger partial charge in [0.05, 0.1) is 11.3 Å². The number of rotatable bonds is 3. The Balaban J connectivity index is 2.38. The molecule has 0 bridgehead atoms. The van der Waals surface area contributed by atoms with Gasteiger partial charge in [0, 0.05) is 10.7 Å². The summed E-state index contributed by atoms with van der Waals surface area (Å²) in [6.07, 6.45) is 1.44. The van der Waals surface area contributed by atoms with Crippen molar-refractivity contribution in [3.63, 3.8) is 0 Å². The number of nitrogen functional groups attached to an aromatic ring is 1. The van der Waals surface area contributed by atoms with E-state index in [2.05, 4.69) is 34.8 Å². The molecule has 5 heteroatoms. The molecule has 2 N–H and O–H groups in total. The van der Waals surface area contributed by atoms with Crippen LogP contribution in [-0.4, -0.2) is 4.98 Å². The molecule has 0 amide bonds.